The van der Waals surface area contributed by atoms with Gasteiger partial charge in [0.25, 0.3) is 0 Å². The second-order valence-corrected chi connectivity index (χ2v) is 11.1. The standard InChI is InChI=1S/C28H39N3O5/c1-17(2)16-28(6,25(32)36-27(3,4)5)24(29)35-22-11-10-19(14-21(22)18-8-9-18)20-12-13-30-23(15-20)31-26(33)34-7/h10-15,17-18,24H,8-9,16,29H2,1-7H3,(H,30,31,33). The molecular weight excluding hydrogens is 458 g/mol. The monoisotopic (exact) mass is 497 g/mol. The van der Waals surface area contributed by atoms with Gasteiger partial charge in [-0.15, -0.1) is 0 Å². The third-order valence-electron chi connectivity index (χ3n) is 6.12. The fourth-order valence-corrected chi connectivity index (χ4v) is 4.21. The molecule has 1 aromatic carbocycles. The lowest BCUT2D eigenvalue weighted by Crippen LogP contribution is -2.52. The number of ether oxygens (including phenoxy) is 3. The summed E-state index contributed by atoms with van der Waals surface area (Å²) >= 11 is 0. The number of pyridine rings is 1. The van der Waals surface area contributed by atoms with E-state index in [1.54, 1.807) is 12.3 Å². The molecule has 1 aliphatic rings. The summed E-state index contributed by atoms with van der Waals surface area (Å²) in [6.07, 6.45) is 2.84. The Morgan fingerprint density at radius 3 is 2.36 bits per heavy atom. The molecule has 2 unspecified atom stereocenters. The number of nitrogens with one attached hydrogen (secondary N) is 1. The molecule has 1 saturated carbocycles. The van der Waals surface area contributed by atoms with Crippen LogP contribution in [-0.4, -0.2) is 36.0 Å². The fraction of sp³-hybridized carbons (Fsp3) is 0.536. The first kappa shape index (κ1) is 27.5. The van der Waals surface area contributed by atoms with Crippen molar-refractivity contribution in [1.29, 1.82) is 0 Å². The Hall–Kier alpha value is -3.13. The molecule has 0 bridgehead atoms. The molecule has 0 spiro atoms. The summed E-state index contributed by atoms with van der Waals surface area (Å²) in [6, 6.07) is 9.60. The lowest BCUT2D eigenvalue weighted by Gasteiger charge is -2.37. The minimum atomic E-state index is -1.01. The van der Waals surface area contributed by atoms with Crippen LogP contribution in [0.1, 0.15) is 72.3 Å². The number of aromatic nitrogens is 1. The third-order valence-corrected chi connectivity index (χ3v) is 6.12. The molecule has 3 N–H and O–H groups in total. The number of hydrogen-bond acceptors (Lipinski definition) is 7. The normalized spacial score (nSPS) is 16.1. The minimum absolute atomic E-state index is 0.224. The first-order valence-corrected chi connectivity index (χ1v) is 12.4. The quantitative estimate of drug-likeness (QED) is 0.329. The number of methoxy groups -OCH3 is 1. The lowest BCUT2D eigenvalue weighted by molar-refractivity contribution is -0.174. The molecule has 36 heavy (non-hydrogen) atoms. The van der Waals surface area contributed by atoms with Crippen molar-refractivity contribution in [2.24, 2.45) is 17.1 Å². The number of esters is 1. The smallest absolute Gasteiger partial charge is 0.412 e. The van der Waals surface area contributed by atoms with Crippen LogP contribution >= 0.6 is 0 Å². The lowest BCUT2D eigenvalue weighted by atomic mass is 9.80. The molecule has 1 aliphatic carbocycles. The zero-order valence-corrected chi connectivity index (χ0v) is 22.4. The Morgan fingerprint density at radius 2 is 1.78 bits per heavy atom. The van der Waals surface area contributed by atoms with E-state index in [0.717, 1.165) is 29.5 Å². The zero-order chi connectivity index (χ0) is 26.7. The van der Waals surface area contributed by atoms with Crippen molar-refractivity contribution in [2.75, 3.05) is 12.4 Å². The summed E-state index contributed by atoms with van der Waals surface area (Å²) in [6.45, 7) is 11.5. The molecule has 2 atom stereocenters. The van der Waals surface area contributed by atoms with Gasteiger partial charge in [-0.25, -0.2) is 9.78 Å². The molecule has 0 radical (unpaired) electrons. The van der Waals surface area contributed by atoms with Crippen LogP contribution in [0.25, 0.3) is 11.1 Å². The number of nitrogens with zero attached hydrogens (tertiary/aromatic N) is 1. The van der Waals surface area contributed by atoms with Crippen molar-refractivity contribution in [3.05, 3.63) is 42.1 Å². The maximum Gasteiger partial charge on any atom is 0.412 e. The van der Waals surface area contributed by atoms with Gasteiger partial charge in [-0.2, -0.15) is 0 Å². The summed E-state index contributed by atoms with van der Waals surface area (Å²) in [4.78, 5) is 29.0. The van der Waals surface area contributed by atoms with Gasteiger partial charge < -0.3 is 14.2 Å². The molecule has 3 rings (SSSR count). The molecule has 1 amide bonds. The molecule has 8 nitrogen and oxygen atoms in total. The minimum Gasteiger partial charge on any atom is -0.474 e. The van der Waals surface area contributed by atoms with Crippen molar-refractivity contribution >= 4 is 17.9 Å². The predicted octanol–water partition coefficient (Wildman–Crippen LogP) is 5.86. The van der Waals surface area contributed by atoms with Crippen LogP contribution in [0.2, 0.25) is 0 Å². The van der Waals surface area contributed by atoms with Gasteiger partial charge in [0.05, 0.1) is 7.11 Å². The number of hydrogen-bond donors (Lipinski definition) is 2. The molecule has 0 aliphatic heterocycles. The van der Waals surface area contributed by atoms with Gasteiger partial charge >= 0.3 is 12.1 Å². The van der Waals surface area contributed by atoms with Crippen molar-refractivity contribution < 1.29 is 23.8 Å². The van der Waals surface area contributed by atoms with Crippen LogP contribution < -0.4 is 15.8 Å². The van der Waals surface area contributed by atoms with Gasteiger partial charge in [-0.1, -0.05) is 19.9 Å². The molecule has 2 aromatic rings. The first-order chi connectivity index (χ1) is 16.8. The average molecular weight is 498 g/mol. The Bertz CT molecular complexity index is 1090. The van der Waals surface area contributed by atoms with Crippen molar-refractivity contribution in [1.82, 2.24) is 4.98 Å². The van der Waals surface area contributed by atoms with E-state index in [0.29, 0.717) is 23.9 Å². The van der Waals surface area contributed by atoms with E-state index >= 15 is 0 Å². The number of benzene rings is 1. The summed E-state index contributed by atoms with van der Waals surface area (Å²) in [5, 5.41) is 2.59. The topological polar surface area (TPSA) is 113 Å². The molecule has 1 fully saturated rings. The highest BCUT2D eigenvalue weighted by Gasteiger charge is 2.45. The van der Waals surface area contributed by atoms with Crippen molar-refractivity contribution in [3.8, 4) is 16.9 Å². The number of anilines is 1. The van der Waals surface area contributed by atoms with Crippen LogP contribution in [0.3, 0.4) is 0 Å². The van der Waals surface area contributed by atoms with Gasteiger partial charge in [0.15, 0.2) is 6.23 Å². The van der Waals surface area contributed by atoms with E-state index < -0.39 is 23.3 Å². The average Bonchev–Trinajstić information content (AvgIpc) is 3.63. The van der Waals surface area contributed by atoms with E-state index in [2.05, 4.69) is 35.0 Å². The maximum atomic E-state index is 13.2. The fourth-order valence-electron chi connectivity index (χ4n) is 4.21. The molecule has 8 heteroatoms. The van der Waals surface area contributed by atoms with Crippen LogP contribution in [0.15, 0.2) is 36.5 Å². The Morgan fingerprint density at radius 1 is 1.11 bits per heavy atom. The van der Waals surface area contributed by atoms with Gasteiger partial charge in [-0.3, -0.25) is 15.8 Å². The zero-order valence-electron chi connectivity index (χ0n) is 22.4. The largest absolute Gasteiger partial charge is 0.474 e. The van der Waals surface area contributed by atoms with Crippen molar-refractivity contribution in [2.45, 2.75) is 78.6 Å². The predicted molar refractivity (Wildman–Crippen MR) is 140 cm³/mol. The number of nitrogens with two attached hydrogens (primary N) is 1. The highest BCUT2D eigenvalue weighted by molar-refractivity contribution is 5.84. The summed E-state index contributed by atoms with van der Waals surface area (Å²) in [7, 11) is 1.31. The Balaban J connectivity index is 1.89. The summed E-state index contributed by atoms with van der Waals surface area (Å²) < 4.78 is 16.7. The number of carbonyl (C=O) groups is 2. The highest BCUT2D eigenvalue weighted by Crippen LogP contribution is 2.46. The summed E-state index contributed by atoms with van der Waals surface area (Å²) in [5.41, 5.74) is 7.86. The number of amides is 1. The molecule has 1 heterocycles. The third kappa shape index (κ3) is 6.97. The Kier molecular flexibility index (Phi) is 8.29. The molecule has 1 aromatic heterocycles. The van der Waals surface area contributed by atoms with Gasteiger partial charge in [0.1, 0.15) is 22.6 Å². The highest BCUT2D eigenvalue weighted by atomic mass is 16.6. The van der Waals surface area contributed by atoms with Crippen LogP contribution in [-0.2, 0) is 14.3 Å². The molecule has 196 valence electrons. The maximum absolute atomic E-state index is 13.2. The number of rotatable bonds is 9. The number of carbonyl (C=O) groups excluding carboxylic acids is 2. The second kappa shape index (κ2) is 10.9. The van der Waals surface area contributed by atoms with E-state index in [1.165, 1.54) is 7.11 Å². The summed E-state index contributed by atoms with van der Waals surface area (Å²) in [5.74, 6) is 1.32. The van der Waals surface area contributed by atoms with E-state index in [-0.39, 0.29) is 11.9 Å². The van der Waals surface area contributed by atoms with E-state index in [1.807, 2.05) is 45.9 Å². The molecule has 0 saturated heterocycles. The molecular formula is C28H39N3O5. The van der Waals surface area contributed by atoms with E-state index in [4.69, 9.17) is 15.2 Å². The van der Waals surface area contributed by atoms with Crippen LogP contribution in [0, 0.1) is 11.3 Å². The first-order valence-electron chi connectivity index (χ1n) is 12.4. The SMILES string of the molecule is COC(=O)Nc1cc(-c2ccc(OC(N)C(C)(CC(C)C)C(=O)OC(C)(C)C)c(C3CC3)c2)ccn1. The van der Waals surface area contributed by atoms with Gasteiger partial charge in [0, 0.05) is 6.20 Å². The van der Waals surface area contributed by atoms with E-state index in [9.17, 15) is 9.59 Å². The van der Waals surface area contributed by atoms with Crippen molar-refractivity contribution in [3.63, 3.8) is 0 Å². The van der Waals surface area contributed by atoms with Crippen LogP contribution in [0.5, 0.6) is 5.75 Å². The second-order valence-electron chi connectivity index (χ2n) is 11.1. The van der Waals surface area contributed by atoms with Crippen LogP contribution in [0.4, 0.5) is 10.6 Å². The van der Waals surface area contributed by atoms with Gasteiger partial charge in [-0.05, 0) is 99.7 Å². The Labute approximate surface area is 213 Å². The van der Waals surface area contributed by atoms with Gasteiger partial charge in [0.2, 0.25) is 0 Å².